The minimum atomic E-state index is 1.02. The number of rotatable bonds is 2. The molecule has 18 heavy (non-hydrogen) atoms. The maximum atomic E-state index is 4.31. The Kier molecular flexibility index (Phi) is 2.81. The third kappa shape index (κ3) is 2.00. The van der Waals surface area contributed by atoms with Gasteiger partial charge in [0.25, 0.3) is 0 Å². The van der Waals surface area contributed by atoms with Crippen LogP contribution in [0.5, 0.6) is 0 Å². The molecule has 0 amide bonds. The lowest BCUT2D eigenvalue weighted by atomic mass is 10.0. The van der Waals surface area contributed by atoms with E-state index in [1.807, 2.05) is 12.4 Å². The van der Waals surface area contributed by atoms with Gasteiger partial charge in [0.1, 0.15) is 0 Å². The van der Waals surface area contributed by atoms with Crippen LogP contribution in [-0.2, 0) is 6.42 Å². The van der Waals surface area contributed by atoms with Crippen molar-refractivity contribution in [2.75, 3.05) is 0 Å². The SMILES string of the molecule is CCc1cncc(-c2ccc3ccccc3c2)c1. The molecule has 0 atom stereocenters. The van der Waals surface area contributed by atoms with Gasteiger partial charge in [-0.05, 0) is 40.5 Å². The van der Waals surface area contributed by atoms with Crippen LogP contribution in [0.1, 0.15) is 12.5 Å². The van der Waals surface area contributed by atoms with Gasteiger partial charge in [-0.1, -0.05) is 43.3 Å². The first-order chi connectivity index (χ1) is 8.86. The quantitative estimate of drug-likeness (QED) is 0.636. The zero-order valence-corrected chi connectivity index (χ0v) is 10.4. The minimum Gasteiger partial charge on any atom is -0.264 e. The van der Waals surface area contributed by atoms with Crippen LogP contribution in [0.15, 0.2) is 60.9 Å². The average molecular weight is 233 g/mol. The molecule has 0 aliphatic carbocycles. The first-order valence-electron chi connectivity index (χ1n) is 6.30. The first kappa shape index (κ1) is 11.0. The molecule has 0 bridgehead atoms. The summed E-state index contributed by atoms with van der Waals surface area (Å²) in [6, 6.07) is 17.2. The maximum Gasteiger partial charge on any atom is 0.0346 e. The highest BCUT2D eigenvalue weighted by molar-refractivity contribution is 5.87. The Morgan fingerprint density at radius 1 is 0.833 bits per heavy atom. The second-order valence-corrected chi connectivity index (χ2v) is 4.50. The Balaban J connectivity index is 2.13. The van der Waals surface area contributed by atoms with Crippen molar-refractivity contribution in [3.63, 3.8) is 0 Å². The molecule has 1 nitrogen and oxygen atoms in total. The fraction of sp³-hybridized carbons (Fsp3) is 0.118. The number of hydrogen-bond acceptors (Lipinski definition) is 1. The third-order valence-electron chi connectivity index (χ3n) is 3.29. The van der Waals surface area contributed by atoms with E-state index in [2.05, 4.69) is 60.4 Å². The van der Waals surface area contributed by atoms with Gasteiger partial charge in [0.2, 0.25) is 0 Å². The zero-order chi connectivity index (χ0) is 12.4. The van der Waals surface area contributed by atoms with E-state index >= 15 is 0 Å². The molecule has 0 saturated heterocycles. The molecule has 1 aromatic heterocycles. The molecule has 1 heteroatoms. The summed E-state index contributed by atoms with van der Waals surface area (Å²) in [6.45, 7) is 2.15. The number of nitrogens with zero attached hydrogens (tertiary/aromatic N) is 1. The Hall–Kier alpha value is -2.15. The molecule has 1 heterocycles. The fourth-order valence-electron chi connectivity index (χ4n) is 2.21. The van der Waals surface area contributed by atoms with Crippen molar-refractivity contribution in [3.8, 4) is 11.1 Å². The van der Waals surface area contributed by atoms with Gasteiger partial charge < -0.3 is 0 Å². The monoisotopic (exact) mass is 233 g/mol. The number of hydrogen-bond donors (Lipinski definition) is 0. The Morgan fingerprint density at radius 3 is 2.50 bits per heavy atom. The molecule has 3 aromatic rings. The smallest absolute Gasteiger partial charge is 0.0346 e. The van der Waals surface area contributed by atoms with E-state index in [0.717, 1.165) is 6.42 Å². The van der Waals surface area contributed by atoms with Crippen LogP contribution in [0, 0.1) is 0 Å². The van der Waals surface area contributed by atoms with Crippen molar-refractivity contribution < 1.29 is 0 Å². The third-order valence-corrected chi connectivity index (χ3v) is 3.29. The van der Waals surface area contributed by atoms with Crippen LogP contribution in [0.25, 0.3) is 21.9 Å². The standard InChI is InChI=1S/C17H15N/c1-2-13-9-17(12-18-11-13)16-8-7-14-5-3-4-6-15(14)10-16/h3-12H,2H2,1H3. The van der Waals surface area contributed by atoms with E-state index in [1.54, 1.807) is 0 Å². The molecule has 0 aliphatic rings. The van der Waals surface area contributed by atoms with E-state index < -0.39 is 0 Å². The number of pyridine rings is 1. The summed E-state index contributed by atoms with van der Waals surface area (Å²) in [5.74, 6) is 0. The Bertz CT molecular complexity index is 686. The van der Waals surface area contributed by atoms with Gasteiger partial charge in [0.15, 0.2) is 0 Å². The molecule has 0 radical (unpaired) electrons. The van der Waals surface area contributed by atoms with E-state index in [-0.39, 0.29) is 0 Å². The van der Waals surface area contributed by atoms with Crippen molar-refractivity contribution >= 4 is 10.8 Å². The molecule has 2 aromatic carbocycles. The second-order valence-electron chi connectivity index (χ2n) is 4.50. The summed E-state index contributed by atoms with van der Waals surface area (Å²) in [4.78, 5) is 4.31. The topological polar surface area (TPSA) is 12.9 Å². The van der Waals surface area contributed by atoms with Gasteiger partial charge in [-0.25, -0.2) is 0 Å². The molecule has 0 N–H and O–H groups in total. The van der Waals surface area contributed by atoms with Crippen molar-refractivity contribution in [1.82, 2.24) is 4.98 Å². The molecule has 88 valence electrons. The summed E-state index contributed by atoms with van der Waals surface area (Å²) in [5.41, 5.74) is 3.71. The summed E-state index contributed by atoms with van der Waals surface area (Å²) < 4.78 is 0. The summed E-state index contributed by atoms with van der Waals surface area (Å²) >= 11 is 0. The number of fused-ring (bicyclic) bond motifs is 1. The highest BCUT2D eigenvalue weighted by Gasteiger charge is 2.01. The normalized spacial score (nSPS) is 10.7. The zero-order valence-electron chi connectivity index (χ0n) is 10.4. The van der Waals surface area contributed by atoms with Crippen molar-refractivity contribution in [2.24, 2.45) is 0 Å². The summed E-state index contributed by atoms with van der Waals surface area (Å²) in [5, 5.41) is 2.55. The van der Waals surface area contributed by atoms with Crippen molar-refractivity contribution in [2.45, 2.75) is 13.3 Å². The van der Waals surface area contributed by atoms with Crippen molar-refractivity contribution in [1.29, 1.82) is 0 Å². The van der Waals surface area contributed by atoms with Gasteiger partial charge in [0, 0.05) is 18.0 Å². The van der Waals surface area contributed by atoms with E-state index in [9.17, 15) is 0 Å². The molecular formula is C17H15N. The van der Waals surface area contributed by atoms with Crippen LogP contribution in [0.4, 0.5) is 0 Å². The summed E-state index contributed by atoms with van der Waals surface area (Å²) in [6.07, 6.45) is 4.89. The first-order valence-corrected chi connectivity index (χ1v) is 6.30. The lowest BCUT2D eigenvalue weighted by Gasteiger charge is -2.05. The molecule has 3 rings (SSSR count). The van der Waals surface area contributed by atoms with Gasteiger partial charge in [0.05, 0.1) is 0 Å². The van der Waals surface area contributed by atoms with Gasteiger partial charge in [-0.3, -0.25) is 4.98 Å². The maximum absolute atomic E-state index is 4.31. The number of benzene rings is 2. The lowest BCUT2D eigenvalue weighted by Crippen LogP contribution is -1.85. The molecular weight excluding hydrogens is 218 g/mol. The highest BCUT2D eigenvalue weighted by Crippen LogP contribution is 2.24. The molecule has 0 unspecified atom stereocenters. The average Bonchev–Trinajstić information content (AvgIpc) is 2.47. The molecule has 0 fully saturated rings. The summed E-state index contributed by atoms with van der Waals surface area (Å²) in [7, 11) is 0. The predicted molar refractivity (Wildman–Crippen MR) is 76.6 cm³/mol. The number of aromatic nitrogens is 1. The van der Waals surface area contributed by atoms with Crippen LogP contribution < -0.4 is 0 Å². The number of aryl methyl sites for hydroxylation is 1. The lowest BCUT2D eigenvalue weighted by molar-refractivity contribution is 1.10. The van der Waals surface area contributed by atoms with E-state index in [0.29, 0.717) is 0 Å². The van der Waals surface area contributed by atoms with E-state index in [1.165, 1.54) is 27.5 Å². The molecule has 0 saturated carbocycles. The van der Waals surface area contributed by atoms with Crippen LogP contribution >= 0.6 is 0 Å². The molecule has 0 spiro atoms. The second kappa shape index (κ2) is 4.61. The van der Waals surface area contributed by atoms with E-state index in [4.69, 9.17) is 0 Å². The van der Waals surface area contributed by atoms with Gasteiger partial charge in [-0.15, -0.1) is 0 Å². The van der Waals surface area contributed by atoms with Gasteiger partial charge in [-0.2, -0.15) is 0 Å². The molecule has 0 aliphatic heterocycles. The largest absolute Gasteiger partial charge is 0.264 e. The minimum absolute atomic E-state index is 1.02. The predicted octanol–water partition coefficient (Wildman–Crippen LogP) is 4.46. The van der Waals surface area contributed by atoms with Gasteiger partial charge >= 0.3 is 0 Å². The van der Waals surface area contributed by atoms with Crippen LogP contribution in [0.3, 0.4) is 0 Å². The van der Waals surface area contributed by atoms with Crippen LogP contribution in [-0.4, -0.2) is 4.98 Å². The Labute approximate surface area is 107 Å². The van der Waals surface area contributed by atoms with Crippen LogP contribution in [0.2, 0.25) is 0 Å². The Morgan fingerprint density at radius 2 is 1.67 bits per heavy atom. The highest BCUT2D eigenvalue weighted by atomic mass is 14.6. The van der Waals surface area contributed by atoms with Crippen molar-refractivity contribution in [3.05, 3.63) is 66.5 Å². The fourth-order valence-corrected chi connectivity index (χ4v) is 2.21.